The van der Waals surface area contributed by atoms with Gasteiger partial charge in [-0.2, -0.15) is 5.10 Å². The van der Waals surface area contributed by atoms with Crippen LogP contribution in [0.15, 0.2) is 40.2 Å². The number of hydrazine groups is 1. The molecule has 0 radical (unpaired) electrons. The Balaban J connectivity index is 1.77. The number of aromatic nitrogens is 2. The second-order valence-corrected chi connectivity index (χ2v) is 7.91. The van der Waals surface area contributed by atoms with Crippen LogP contribution in [0.3, 0.4) is 0 Å². The van der Waals surface area contributed by atoms with Crippen LogP contribution in [-0.2, 0) is 0 Å². The van der Waals surface area contributed by atoms with Crippen LogP contribution in [0.1, 0.15) is 31.4 Å². The normalized spacial score (nSPS) is 10.6. The number of carbonyl (C=O) groups excluding carboxylic acids is 2. The molecule has 2 aromatic heterocycles. The maximum atomic E-state index is 13.1. The van der Waals surface area contributed by atoms with Crippen LogP contribution in [0, 0.1) is 19.7 Å². The molecule has 2 heterocycles. The van der Waals surface area contributed by atoms with Crippen molar-refractivity contribution in [3.8, 4) is 5.69 Å². The van der Waals surface area contributed by atoms with E-state index in [1.807, 2.05) is 0 Å². The molecule has 2 amide bonds. The number of hydrogen-bond acceptors (Lipinski definition) is 4. The van der Waals surface area contributed by atoms with Crippen molar-refractivity contribution in [1.82, 2.24) is 20.6 Å². The maximum absolute atomic E-state index is 13.1. The fourth-order valence-electron chi connectivity index (χ4n) is 2.48. The quantitative estimate of drug-likeness (QED) is 0.616. The molecular formula is C17H14BrFN4O2S. The predicted molar refractivity (Wildman–Crippen MR) is 99.9 cm³/mol. The number of nitrogens with one attached hydrogen (secondary N) is 2. The highest BCUT2D eigenvalue weighted by molar-refractivity contribution is 9.11. The van der Waals surface area contributed by atoms with E-state index in [-0.39, 0.29) is 5.82 Å². The molecule has 0 saturated carbocycles. The van der Waals surface area contributed by atoms with Crippen LogP contribution in [0.4, 0.5) is 4.39 Å². The minimum atomic E-state index is -0.475. The van der Waals surface area contributed by atoms with Gasteiger partial charge in [0.05, 0.1) is 31.3 Å². The Morgan fingerprint density at radius 1 is 1.08 bits per heavy atom. The van der Waals surface area contributed by atoms with E-state index in [2.05, 4.69) is 31.9 Å². The number of rotatable bonds is 3. The fourth-order valence-corrected chi connectivity index (χ4v) is 3.76. The molecule has 6 nitrogen and oxygen atoms in total. The fraction of sp³-hybridized carbons (Fsp3) is 0.118. The SMILES string of the molecule is Cc1nn(-c2ccc(F)cc2)c(C)c1C(=O)NNC(=O)c1ccc(Br)s1. The molecule has 0 aliphatic heterocycles. The lowest BCUT2D eigenvalue weighted by molar-refractivity contribution is 0.0848. The third kappa shape index (κ3) is 3.68. The van der Waals surface area contributed by atoms with Crippen molar-refractivity contribution >= 4 is 39.1 Å². The Morgan fingerprint density at radius 3 is 2.35 bits per heavy atom. The van der Waals surface area contributed by atoms with Crippen molar-refractivity contribution in [3.05, 3.63) is 67.8 Å². The highest BCUT2D eigenvalue weighted by Crippen LogP contribution is 2.22. The topological polar surface area (TPSA) is 76.0 Å². The van der Waals surface area contributed by atoms with Crippen LogP contribution < -0.4 is 10.9 Å². The molecule has 3 rings (SSSR count). The second kappa shape index (κ2) is 7.38. The molecule has 0 aliphatic carbocycles. The van der Waals surface area contributed by atoms with Gasteiger partial charge < -0.3 is 0 Å². The van der Waals surface area contributed by atoms with Gasteiger partial charge in [0.1, 0.15) is 5.82 Å². The molecule has 1 aromatic carbocycles. The van der Waals surface area contributed by atoms with Gasteiger partial charge in [-0.05, 0) is 66.2 Å². The summed E-state index contributed by atoms with van der Waals surface area (Å²) < 4.78 is 15.5. The van der Waals surface area contributed by atoms with E-state index in [0.717, 1.165) is 3.79 Å². The first kappa shape index (κ1) is 18.3. The zero-order valence-corrected chi connectivity index (χ0v) is 16.2. The number of nitrogens with zero attached hydrogens (tertiary/aromatic N) is 2. The highest BCUT2D eigenvalue weighted by Gasteiger charge is 2.20. The van der Waals surface area contributed by atoms with Gasteiger partial charge in [0, 0.05) is 0 Å². The van der Waals surface area contributed by atoms with Crippen LogP contribution in [0.25, 0.3) is 5.69 Å². The molecule has 2 N–H and O–H groups in total. The first-order valence-electron chi connectivity index (χ1n) is 7.55. The minimum absolute atomic E-state index is 0.349. The average Bonchev–Trinajstić information content (AvgIpc) is 3.16. The van der Waals surface area contributed by atoms with Gasteiger partial charge in [-0.15, -0.1) is 11.3 Å². The number of aryl methyl sites for hydroxylation is 1. The zero-order chi connectivity index (χ0) is 18.8. The van der Waals surface area contributed by atoms with E-state index in [0.29, 0.717) is 27.5 Å². The van der Waals surface area contributed by atoms with Crippen molar-refractivity contribution in [2.45, 2.75) is 13.8 Å². The van der Waals surface area contributed by atoms with Crippen LogP contribution in [-0.4, -0.2) is 21.6 Å². The summed E-state index contributed by atoms with van der Waals surface area (Å²) in [4.78, 5) is 25.0. The highest BCUT2D eigenvalue weighted by atomic mass is 79.9. The molecule has 0 saturated heterocycles. The predicted octanol–water partition coefficient (Wildman–Crippen LogP) is 3.53. The summed E-state index contributed by atoms with van der Waals surface area (Å²) in [5.74, 6) is -1.23. The summed E-state index contributed by atoms with van der Waals surface area (Å²) >= 11 is 4.54. The molecule has 0 unspecified atom stereocenters. The van der Waals surface area contributed by atoms with Gasteiger partial charge in [0.15, 0.2) is 0 Å². The van der Waals surface area contributed by atoms with Crippen LogP contribution in [0.2, 0.25) is 0 Å². The minimum Gasteiger partial charge on any atom is -0.267 e. The molecule has 0 spiro atoms. The standard InChI is InChI=1S/C17H14BrFN4O2S/c1-9-15(10(2)23(22-9)12-5-3-11(19)4-6-12)17(25)21-20-16(24)13-7-8-14(18)26-13/h3-8H,1-2H3,(H,20,24)(H,21,25). The van der Waals surface area contributed by atoms with E-state index in [9.17, 15) is 14.0 Å². The van der Waals surface area contributed by atoms with Crippen molar-refractivity contribution in [3.63, 3.8) is 0 Å². The van der Waals surface area contributed by atoms with Gasteiger partial charge in [0.25, 0.3) is 11.8 Å². The van der Waals surface area contributed by atoms with Crippen molar-refractivity contribution in [2.75, 3.05) is 0 Å². The molecule has 0 fully saturated rings. The Labute approximate surface area is 161 Å². The Hall–Kier alpha value is -2.52. The molecular weight excluding hydrogens is 423 g/mol. The Kier molecular flexibility index (Phi) is 5.19. The number of amides is 2. The third-order valence-electron chi connectivity index (χ3n) is 3.68. The molecule has 26 heavy (non-hydrogen) atoms. The van der Waals surface area contributed by atoms with E-state index >= 15 is 0 Å². The zero-order valence-electron chi connectivity index (χ0n) is 13.8. The van der Waals surface area contributed by atoms with Gasteiger partial charge >= 0.3 is 0 Å². The summed E-state index contributed by atoms with van der Waals surface area (Å²) in [6.07, 6.45) is 0. The molecule has 0 atom stereocenters. The number of thiophene rings is 1. The number of hydrogen-bond donors (Lipinski definition) is 2. The van der Waals surface area contributed by atoms with E-state index in [1.165, 1.54) is 23.5 Å². The van der Waals surface area contributed by atoms with Crippen molar-refractivity contribution in [2.24, 2.45) is 0 Å². The third-order valence-corrected chi connectivity index (χ3v) is 5.30. The monoisotopic (exact) mass is 436 g/mol. The first-order valence-corrected chi connectivity index (χ1v) is 9.16. The van der Waals surface area contributed by atoms with Crippen LogP contribution in [0.5, 0.6) is 0 Å². The van der Waals surface area contributed by atoms with Gasteiger partial charge in [-0.1, -0.05) is 0 Å². The lowest BCUT2D eigenvalue weighted by Gasteiger charge is -2.07. The van der Waals surface area contributed by atoms with E-state index in [4.69, 9.17) is 0 Å². The average molecular weight is 437 g/mol. The Bertz CT molecular complexity index is 981. The molecule has 0 aliphatic rings. The van der Waals surface area contributed by atoms with Crippen molar-refractivity contribution in [1.29, 1.82) is 0 Å². The molecule has 0 bridgehead atoms. The number of benzene rings is 1. The van der Waals surface area contributed by atoms with E-state index < -0.39 is 11.8 Å². The summed E-state index contributed by atoms with van der Waals surface area (Å²) in [7, 11) is 0. The summed E-state index contributed by atoms with van der Waals surface area (Å²) in [5, 5.41) is 4.34. The summed E-state index contributed by atoms with van der Waals surface area (Å²) in [6, 6.07) is 9.21. The first-order chi connectivity index (χ1) is 12.4. The van der Waals surface area contributed by atoms with Gasteiger partial charge in [-0.3, -0.25) is 20.4 Å². The van der Waals surface area contributed by atoms with Crippen molar-refractivity contribution < 1.29 is 14.0 Å². The van der Waals surface area contributed by atoms with Gasteiger partial charge in [0.2, 0.25) is 0 Å². The Morgan fingerprint density at radius 2 is 1.73 bits per heavy atom. The number of carbonyl (C=O) groups is 2. The second-order valence-electron chi connectivity index (χ2n) is 5.45. The van der Waals surface area contributed by atoms with Crippen LogP contribution >= 0.6 is 27.3 Å². The number of halogens is 2. The summed E-state index contributed by atoms with van der Waals surface area (Å²) in [5.41, 5.74) is 6.85. The van der Waals surface area contributed by atoms with E-state index in [1.54, 1.807) is 42.8 Å². The molecule has 3 aromatic rings. The summed E-state index contributed by atoms with van der Waals surface area (Å²) in [6.45, 7) is 3.43. The smallest absolute Gasteiger partial charge is 0.267 e. The maximum Gasteiger partial charge on any atom is 0.279 e. The van der Waals surface area contributed by atoms with Gasteiger partial charge in [-0.25, -0.2) is 9.07 Å². The lowest BCUT2D eigenvalue weighted by atomic mass is 10.2. The molecule has 9 heteroatoms. The molecule has 134 valence electrons. The lowest BCUT2D eigenvalue weighted by Crippen LogP contribution is -2.41. The largest absolute Gasteiger partial charge is 0.279 e.